The van der Waals surface area contributed by atoms with Crippen LogP contribution in [0.15, 0.2) is 77.1 Å². The molecule has 0 spiro atoms. The van der Waals surface area contributed by atoms with Crippen LogP contribution in [0.4, 0.5) is 29.1 Å². The maximum Gasteiger partial charge on any atom is 0.359 e. The molecule has 0 atom stereocenters. The molecule has 0 amide bonds. The molecule has 2 aromatic carbocycles. The van der Waals surface area contributed by atoms with Gasteiger partial charge in [-0.1, -0.05) is 42.5 Å². The Morgan fingerprint density at radius 2 is 1.78 bits per heavy atom. The Morgan fingerprint density at radius 1 is 1.00 bits per heavy atom. The Morgan fingerprint density at radius 3 is 2.54 bits per heavy atom. The zero-order chi connectivity index (χ0) is 29.0. The average molecular weight is 573 g/mol. The van der Waals surface area contributed by atoms with Gasteiger partial charge in [0, 0.05) is 17.3 Å². The van der Waals surface area contributed by atoms with E-state index in [0.717, 1.165) is 10.8 Å². The fraction of sp³-hybridized carbons (Fsp3) is 0.154. The number of hydrogen-bond donors (Lipinski definition) is 2. The topological polar surface area (TPSA) is 179 Å². The lowest BCUT2D eigenvalue weighted by atomic mass is 10.1. The highest BCUT2D eigenvalue weighted by Gasteiger charge is 2.24. The second kappa shape index (κ2) is 11.4. The van der Waals surface area contributed by atoms with Crippen molar-refractivity contribution in [3.05, 3.63) is 78.4 Å². The largest absolute Gasteiger partial charge is 0.464 e. The number of hydrogen-bond acceptors (Lipinski definition) is 12. The van der Waals surface area contributed by atoms with Crippen LogP contribution in [0, 0.1) is 6.92 Å². The number of azo groups is 1. The number of aryl methyl sites for hydroxylation is 1. The van der Waals surface area contributed by atoms with Gasteiger partial charge in [-0.2, -0.15) is 14.6 Å². The zero-order valence-electron chi connectivity index (χ0n) is 22.2. The van der Waals surface area contributed by atoms with Crippen LogP contribution < -0.4 is 10.0 Å². The highest BCUT2D eigenvalue weighted by atomic mass is 32.2. The number of nitrogens with zero attached hydrogens (tertiary/aromatic N) is 8. The first-order chi connectivity index (χ1) is 19.8. The number of fused-ring (bicyclic) bond motifs is 1. The molecular formula is C26H24N10O4S. The number of rotatable bonds is 9. The molecule has 0 fully saturated rings. The molecule has 5 aromatic rings. The van der Waals surface area contributed by atoms with Gasteiger partial charge < -0.3 is 10.1 Å². The number of carbonyl (C=O) groups is 1. The lowest BCUT2D eigenvalue weighted by Gasteiger charge is -2.14. The molecule has 0 aliphatic carbocycles. The van der Waals surface area contributed by atoms with Gasteiger partial charge in [0.25, 0.3) is 5.95 Å². The van der Waals surface area contributed by atoms with Crippen LogP contribution in [0.5, 0.6) is 0 Å². The van der Waals surface area contributed by atoms with E-state index in [2.05, 4.69) is 45.3 Å². The third kappa shape index (κ3) is 5.99. The van der Waals surface area contributed by atoms with Crippen molar-refractivity contribution < 1.29 is 17.9 Å². The number of anilines is 3. The number of benzene rings is 2. The Labute approximate surface area is 234 Å². The molecule has 5 rings (SSSR count). The summed E-state index contributed by atoms with van der Waals surface area (Å²) in [5.74, 6) is -0.574. The smallest absolute Gasteiger partial charge is 0.359 e. The van der Waals surface area contributed by atoms with Gasteiger partial charge in [0.2, 0.25) is 16.0 Å². The number of esters is 1. The van der Waals surface area contributed by atoms with Gasteiger partial charge >= 0.3 is 5.97 Å². The molecule has 41 heavy (non-hydrogen) atoms. The standard InChI is InChI=1S/C26H24N10O4S/c1-4-41(38,39)35-23-21(32-33-26-28-16(2)36(34-26)20-14-7-8-15-27-20)22(24(37)40-3)30-25(31-23)29-19-13-9-11-17-10-5-6-12-18(17)19/h5-15H,4H2,1-3H3,(H2,29,30,31,35). The van der Waals surface area contributed by atoms with E-state index in [1.54, 1.807) is 37.4 Å². The van der Waals surface area contributed by atoms with Crippen molar-refractivity contribution in [3.8, 4) is 5.82 Å². The van der Waals surface area contributed by atoms with E-state index in [-0.39, 0.29) is 34.8 Å². The summed E-state index contributed by atoms with van der Waals surface area (Å²) in [6.07, 6.45) is 1.61. The van der Waals surface area contributed by atoms with Crippen LogP contribution in [-0.2, 0) is 14.8 Å². The van der Waals surface area contributed by atoms with Gasteiger partial charge in [-0.05, 0) is 37.4 Å². The van der Waals surface area contributed by atoms with E-state index in [9.17, 15) is 13.2 Å². The van der Waals surface area contributed by atoms with Crippen LogP contribution in [-0.4, -0.2) is 57.0 Å². The minimum absolute atomic E-state index is 0.0637. The summed E-state index contributed by atoms with van der Waals surface area (Å²) in [5, 5.41) is 17.3. The molecule has 0 saturated carbocycles. The van der Waals surface area contributed by atoms with E-state index >= 15 is 0 Å². The number of pyridine rings is 1. The predicted octanol–water partition coefficient (Wildman–Crippen LogP) is 4.62. The molecule has 0 bridgehead atoms. The average Bonchev–Trinajstić information content (AvgIpc) is 3.36. The number of nitrogens with one attached hydrogen (secondary N) is 2. The Balaban J connectivity index is 1.61. The molecular weight excluding hydrogens is 548 g/mol. The second-order valence-electron chi connectivity index (χ2n) is 8.50. The third-order valence-electron chi connectivity index (χ3n) is 5.79. The summed E-state index contributed by atoms with van der Waals surface area (Å²) in [5.41, 5.74) is 0.0326. The molecule has 0 aliphatic heterocycles. The van der Waals surface area contributed by atoms with Crippen molar-refractivity contribution in [1.29, 1.82) is 0 Å². The molecule has 0 radical (unpaired) electrons. The summed E-state index contributed by atoms with van der Waals surface area (Å²) in [7, 11) is -2.69. The predicted molar refractivity (Wildman–Crippen MR) is 152 cm³/mol. The van der Waals surface area contributed by atoms with Crippen molar-refractivity contribution >= 4 is 55.9 Å². The lowest BCUT2D eigenvalue weighted by Crippen LogP contribution is -2.18. The third-order valence-corrected chi connectivity index (χ3v) is 7.06. The van der Waals surface area contributed by atoms with Crippen molar-refractivity contribution in [2.75, 3.05) is 22.9 Å². The zero-order valence-corrected chi connectivity index (χ0v) is 23.0. The Bertz CT molecular complexity index is 1870. The Hall–Kier alpha value is -5.31. The number of carbonyl (C=O) groups excluding carboxylic acids is 1. The van der Waals surface area contributed by atoms with Crippen molar-refractivity contribution in [1.82, 2.24) is 29.7 Å². The van der Waals surface area contributed by atoms with Gasteiger partial charge in [0.15, 0.2) is 23.0 Å². The molecule has 208 valence electrons. The summed E-state index contributed by atoms with van der Waals surface area (Å²) in [6.45, 7) is 3.16. The van der Waals surface area contributed by atoms with Gasteiger partial charge in [-0.3, -0.25) is 4.72 Å². The molecule has 15 heteroatoms. The van der Waals surface area contributed by atoms with E-state index in [1.165, 1.54) is 18.7 Å². The number of methoxy groups -OCH3 is 1. The van der Waals surface area contributed by atoms with Gasteiger partial charge in [-0.25, -0.2) is 23.2 Å². The van der Waals surface area contributed by atoms with Crippen LogP contribution in [0.3, 0.4) is 0 Å². The van der Waals surface area contributed by atoms with E-state index in [1.807, 2.05) is 36.4 Å². The molecule has 14 nitrogen and oxygen atoms in total. The minimum atomic E-state index is -3.86. The van der Waals surface area contributed by atoms with Crippen molar-refractivity contribution in [3.63, 3.8) is 0 Å². The first-order valence-corrected chi connectivity index (χ1v) is 14.0. The highest BCUT2D eigenvalue weighted by molar-refractivity contribution is 7.92. The lowest BCUT2D eigenvalue weighted by molar-refractivity contribution is 0.0595. The second-order valence-corrected chi connectivity index (χ2v) is 10.5. The number of aromatic nitrogens is 6. The summed E-state index contributed by atoms with van der Waals surface area (Å²) < 4.78 is 33.9. The van der Waals surface area contributed by atoms with E-state index < -0.39 is 16.0 Å². The monoisotopic (exact) mass is 572 g/mol. The fourth-order valence-corrected chi connectivity index (χ4v) is 4.38. The minimum Gasteiger partial charge on any atom is -0.464 e. The number of ether oxygens (including phenoxy) is 1. The Kier molecular flexibility index (Phi) is 7.60. The molecule has 2 N–H and O–H groups in total. The van der Waals surface area contributed by atoms with Crippen molar-refractivity contribution in [2.45, 2.75) is 13.8 Å². The first-order valence-electron chi connectivity index (χ1n) is 12.3. The SMILES string of the molecule is CCS(=O)(=O)Nc1nc(Nc2cccc3ccccc23)nc(C(=O)OC)c1N=Nc1nc(C)n(-c2ccccn2)n1. The van der Waals surface area contributed by atoms with Crippen LogP contribution in [0.25, 0.3) is 16.6 Å². The molecule has 3 heterocycles. The molecule has 0 aliphatic rings. The summed E-state index contributed by atoms with van der Waals surface area (Å²) in [6, 6.07) is 18.5. The maximum absolute atomic E-state index is 12.8. The highest BCUT2D eigenvalue weighted by Crippen LogP contribution is 2.33. The molecule has 0 saturated heterocycles. The molecule has 3 aromatic heterocycles. The fourth-order valence-electron chi connectivity index (χ4n) is 3.80. The van der Waals surface area contributed by atoms with E-state index in [0.29, 0.717) is 17.3 Å². The maximum atomic E-state index is 12.8. The van der Waals surface area contributed by atoms with Gasteiger partial charge in [0.05, 0.1) is 12.9 Å². The first kappa shape index (κ1) is 27.3. The quantitative estimate of drug-likeness (QED) is 0.187. The van der Waals surface area contributed by atoms with Gasteiger partial charge in [0.1, 0.15) is 5.82 Å². The van der Waals surface area contributed by atoms with Crippen LogP contribution in [0.1, 0.15) is 23.2 Å². The van der Waals surface area contributed by atoms with Crippen LogP contribution >= 0.6 is 0 Å². The molecule has 0 unspecified atom stereocenters. The van der Waals surface area contributed by atoms with Crippen LogP contribution in [0.2, 0.25) is 0 Å². The van der Waals surface area contributed by atoms with Crippen molar-refractivity contribution in [2.24, 2.45) is 10.2 Å². The summed E-state index contributed by atoms with van der Waals surface area (Å²) >= 11 is 0. The number of sulfonamides is 1. The summed E-state index contributed by atoms with van der Waals surface area (Å²) in [4.78, 5) is 30.0. The van der Waals surface area contributed by atoms with E-state index in [4.69, 9.17) is 4.74 Å². The van der Waals surface area contributed by atoms with Gasteiger partial charge in [-0.15, -0.1) is 15.3 Å². The normalized spacial score (nSPS) is 11.6.